The van der Waals surface area contributed by atoms with Gasteiger partial charge in [-0.2, -0.15) is 5.26 Å². The molecule has 2 aromatic carbocycles. The molecular formula is C34H41N5O2S. The van der Waals surface area contributed by atoms with Crippen molar-refractivity contribution in [3.63, 3.8) is 0 Å². The second-order valence-electron chi connectivity index (χ2n) is 11.6. The zero-order valence-electron chi connectivity index (χ0n) is 24.4. The third kappa shape index (κ3) is 7.26. The van der Waals surface area contributed by atoms with Crippen molar-refractivity contribution in [2.45, 2.75) is 60.3 Å². The first-order valence-corrected chi connectivity index (χ1v) is 15.9. The number of hydrogen-bond acceptors (Lipinski definition) is 7. The Morgan fingerprint density at radius 3 is 2.36 bits per heavy atom. The number of carbonyl (C=O) groups is 1. The molecule has 0 spiro atoms. The molecule has 0 radical (unpaired) electrons. The van der Waals surface area contributed by atoms with Gasteiger partial charge in [-0.15, -0.1) is 0 Å². The number of nitrogens with two attached hydrogens (primary N) is 1. The average molecular weight is 584 g/mol. The summed E-state index contributed by atoms with van der Waals surface area (Å²) >= 11 is 1.75. The topological polar surface area (TPSA) is 95.5 Å². The first-order chi connectivity index (χ1) is 20.5. The van der Waals surface area contributed by atoms with Crippen molar-refractivity contribution in [1.29, 1.82) is 5.26 Å². The van der Waals surface area contributed by atoms with Crippen LogP contribution in [0.25, 0.3) is 0 Å². The number of ether oxygens (including phenoxy) is 1. The molecule has 2 N–H and O–H groups in total. The summed E-state index contributed by atoms with van der Waals surface area (Å²) in [6.45, 7) is 7.26. The molecule has 220 valence electrons. The van der Waals surface area contributed by atoms with E-state index in [1.54, 1.807) is 11.8 Å². The number of pyridine rings is 1. The van der Waals surface area contributed by atoms with Gasteiger partial charge < -0.3 is 20.3 Å². The number of nitriles is 1. The molecule has 0 aliphatic carbocycles. The van der Waals surface area contributed by atoms with Crippen molar-refractivity contribution >= 4 is 23.5 Å². The number of carbonyl (C=O) groups excluding carboxylic acids is 1. The summed E-state index contributed by atoms with van der Waals surface area (Å²) in [5.74, 6) is 0.846. The summed E-state index contributed by atoms with van der Waals surface area (Å²) < 4.78 is 5.51. The van der Waals surface area contributed by atoms with Gasteiger partial charge in [-0.25, -0.2) is 4.79 Å². The first-order valence-electron chi connectivity index (χ1n) is 15.1. The van der Waals surface area contributed by atoms with Crippen LogP contribution in [-0.2, 0) is 10.2 Å². The highest BCUT2D eigenvalue weighted by molar-refractivity contribution is 7.99. The van der Waals surface area contributed by atoms with Crippen molar-refractivity contribution in [3.05, 3.63) is 84.7 Å². The van der Waals surface area contributed by atoms with Gasteiger partial charge in [-0.3, -0.25) is 4.98 Å². The number of hydrogen-bond donors (Lipinski definition) is 1. The normalized spacial score (nSPS) is 18.4. The van der Waals surface area contributed by atoms with Crippen LogP contribution in [0.4, 0.5) is 10.5 Å². The molecule has 2 unspecified atom stereocenters. The Morgan fingerprint density at radius 1 is 1.07 bits per heavy atom. The van der Waals surface area contributed by atoms with E-state index in [2.05, 4.69) is 64.2 Å². The maximum atomic E-state index is 11.7. The Hall–Kier alpha value is -3.54. The standard InChI is InChI=1S/C34H41N5O2S/c1-2-6-30(41-33(36)40)21-34(25-35,27-7-4-3-5-8-27)28-15-19-38(20-16-28)22-26-23-39(24-26)29-9-11-31(12-10-29)42-32-13-17-37-18-14-32/h3-5,7-14,17-18,26,28,30H,2,6,15-16,19-24H2,1H3,(H2,36,40). The lowest BCUT2D eigenvalue weighted by molar-refractivity contribution is 0.0617. The van der Waals surface area contributed by atoms with E-state index >= 15 is 0 Å². The largest absolute Gasteiger partial charge is 0.446 e. The molecule has 3 aromatic rings. The lowest BCUT2D eigenvalue weighted by Gasteiger charge is -2.46. The molecule has 2 aliphatic heterocycles. The molecule has 0 bridgehead atoms. The molecule has 2 saturated heterocycles. The van der Waals surface area contributed by atoms with Gasteiger partial charge >= 0.3 is 6.09 Å². The number of piperidine rings is 1. The predicted molar refractivity (Wildman–Crippen MR) is 167 cm³/mol. The molecular weight excluding hydrogens is 542 g/mol. The highest BCUT2D eigenvalue weighted by Gasteiger charge is 2.44. The Morgan fingerprint density at radius 2 is 1.74 bits per heavy atom. The van der Waals surface area contributed by atoms with Crippen molar-refractivity contribution in [2.24, 2.45) is 17.6 Å². The Bertz CT molecular complexity index is 1320. The lowest BCUT2D eigenvalue weighted by Crippen LogP contribution is -2.53. The fourth-order valence-electron chi connectivity index (χ4n) is 6.64. The quantitative estimate of drug-likeness (QED) is 0.260. The maximum absolute atomic E-state index is 11.7. The third-order valence-electron chi connectivity index (χ3n) is 8.78. The van der Waals surface area contributed by atoms with Gasteiger partial charge in [0.1, 0.15) is 6.10 Å². The third-order valence-corrected chi connectivity index (χ3v) is 9.79. The fraction of sp³-hybridized carbons (Fsp3) is 0.441. The summed E-state index contributed by atoms with van der Waals surface area (Å²) in [6, 6.07) is 25.7. The van der Waals surface area contributed by atoms with Crippen LogP contribution < -0.4 is 10.6 Å². The number of likely N-dealkylation sites (tertiary alicyclic amines) is 1. The van der Waals surface area contributed by atoms with Gasteiger partial charge in [-0.1, -0.05) is 55.4 Å². The smallest absolute Gasteiger partial charge is 0.404 e. The van der Waals surface area contributed by atoms with E-state index in [1.807, 2.05) is 42.7 Å². The minimum absolute atomic E-state index is 0.193. The predicted octanol–water partition coefficient (Wildman–Crippen LogP) is 6.50. The van der Waals surface area contributed by atoms with Crippen molar-refractivity contribution in [3.8, 4) is 6.07 Å². The van der Waals surface area contributed by atoms with Gasteiger partial charge in [0.25, 0.3) is 0 Å². The molecule has 2 aliphatic rings. The molecule has 3 heterocycles. The molecule has 8 heteroatoms. The second kappa shape index (κ2) is 14.1. The number of amides is 1. The number of benzene rings is 2. The first kappa shape index (κ1) is 29.9. The summed E-state index contributed by atoms with van der Waals surface area (Å²) in [5, 5.41) is 10.7. The van der Waals surface area contributed by atoms with Crippen LogP contribution in [0, 0.1) is 23.2 Å². The fourth-order valence-corrected chi connectivity index (χ4v) is 7.44. The van der Waals surface area contributed by atoms with Crippen LogP contribution in [0.3, 0.4) is 0 Å². The van der Waals surface area contributed by atoms with Crippen molar-refractivity contribution in [1.82, 2.24) is 9.88 Å². The summed E-state index contributed by atoms with van der Waals surface area (Å²) in [5.41, 5.74) is 7.00. The molecule has 2 fully saturated rings. The minimum atomic E-state index is -0.766. The molecule has 0 saturated carbocycles. The maximum Gasteiger partial charge on any atom is 0.404 e. The Balaban J connectivity index is 1.15. The summed E-state index contributed by atoms with van der Waals surface area (Å²) in [7, 11) is 0. The van der Waals surface area contributed by atoms with E-state index in [0.717, 1.165) is 57.5 Å². The number of primary amides is 1. The van der Waals surface area contributed by atoms with E-state index in [9.17, 15) is 10.1 Å². The number of nitrogens with zero attached hydrogens (tertiary/aromatic N) is 4. The van der Waals surface area contributed by atoms with Crippen LogP contribution in [0.1, 0.15) is 44.6 Å². The van der Waals surface area contributed by atoms with Crippen molar-refractivity contribution < 1.29 is 9.53 Å². The Kier molecular flexibility index (Phi) is 10.0. The van der Waals surface area contributed by atoms with Crippen LogP contribution in [0.15, 0.2) is 88.9 Å². The Labute approximate surface area is 254 Å². The van der Waals surface area contributed by atoms with Gasteiger partial charge in [0.15, 0.2) is 0 Å². The van der Waals surface area contributed by atoms with Crippen LogP contribution in [-0.4, -0.2) is 54.8 Å². The number of anilines is 1. The minimum Gasteiger partial charge on any atom is -0.446 e. The van der Waals surface area contributed by atoms with Gasteiger partial charge in [0.05, 0.1) is 11.5 Å². The van der Waals surface area contributed by atoms with E-state index in [4.69, 9.17) is 10.5 Å². The molecule has 2 atom stereocenters. The average Bonchev–Trinajstić information content (AvgIpc) is 2.99. The van der Waals surface area contributed by atoms with Gasteiger partial charge in [0, 0.05) is 59.8 Å². The molecule has 7 nitrogen and oxygen atoms in total. The van der Waals surface area contributed by atoms with E-state index < -0.39 is 11.5 Å². The monoisotopic (exact) mass is 583 g/mol. The highest BCUT2D eigenvalue weighted by atomic mass is 32.2. The highest BCUT2D eigenvalue weighted by Crippen LogP contribution is 2.43. The molecule has 5 rings (SSSR count). The molecule has 1 aromatic heterocycles. The van der Waals surface area contributed by atoms with Crippen LogP contribution in [0.5, 0.6) is 0 Å². The van der Waals surface area contributed by atoms with Crippen LogP contribution in [0.2, 0.25) is 0 Å². The lowest BCUT2D eigenvalue weighted by atomic mass is 9.64. The van der Waals surface area contributed by atoms with E-state index in [0.29, 0.717) is 18.8 Å². The molecule has 1 amide bonds. The number of aromatic nitrogens is 1. The number of rotatable bonds is 12. The second-order valence-corrected chi connectivity index (χ2v) is 12.8. The zero-order valence-corrected chi connectivity index (χ0v) is 25.2. The SMILES string of the molecule is CCCC(CC(C#N)(c1ccccc1)C1CCN(CC2CN(c3ccc(Sc4ccncc4)cc3)C2)CC1)OC(N)=O. The van der Waals surface area contributed by atoms with E-state index in [-0.39, 0.29) is 12.0 Å². The zero-order chi connectivity index (χ0) is 29.4. The molecule has 42 heavy (non-hydrogen) atoms. The van der Waals surface area contributed by atoms with E-state index in [1.165, 1.54) is 15.5 Å². The van der Waals surface area contributed by atoms with Gasteiger partial charge in [0.2, 0.25) is 0 Å². The summed E-state index contributed by atoms with van der Waals surface area (Å²) in [4.78, 5) is 23.2. The summed E-state index contributed by atoms with van der Waals surface area (Å²) in [6.07, 6.45) is 6.46. The van der Waals surface area contributed by atoms with Gasteiger partial charge in [-0.05, 0) is 80.2 Å². The van der Waals surface area contributed by atoms with Crippen molar-refractivity contribution in [2.75, 3.05) is 37.6 Å². The van der Waals surface area contributed by atoms with Crippen LogP contribution >= 0.6 is 11.8 Å².